The molecule has 0 unspecified atom stereocenters. The number of aromatic nitrogens is 2. The van der Waals surface area contributed by atoms with Gasteiger partial charge in [-0.1, -0.05) is 30.3 Å². The van der Waals surface area contributed by atoms with Crippen molar-refractivity contribution in [2.24, 2.45) is 5.73 Å². The summed E-state index contributed by atoms with van der Waals surface area (Å²) >= 11 is 0. The number of hydrogen-bond donors (Lipinski definition) is 1. The van der Waals surface area contributed by atoms with Crippen LogP contribution in [0.4, 0.5) is 0 Å². The molecule has 3 aromatic rings. The highest BCUT2D eigenvalue weighted by molar-refractivity contribution is 7.88. The number of esters is 1. The second-order valence-corrected chi connectivity index (χ2v) is 10.4. The summed E-state index contributed by atoms with van der Waals surface area (Å²) in [7, 11) is -3.33. The van der Waals surface area contributed by atoms with Crippen molar-refractivity contribution >= 4 is 16.0 Å². The Morgan fingerprint density at radius 1 is 1.03 bits per heavy atom. The Balaban J connectivity index is 1.63. The number of rotatable bonds is 12. The van der Waals surface area contributed by atoms with E-state index in [1.165, 1.54) is 17.5 Å². The van der Waals surface area contributed by atoms with Gasteiger partial charge in [0.2, 0.25) is 10.0 Å². The van der Waals surface area contributed by atoms with E-state index in [1.54, 1.807) is 18.3 Å². The van der Waals surface area contributed by atoms with Gasteiger partial charge >= 0.3 is 5.97 Å². The lowest BCUT2D eigenvalue weighted by atomic mass is 10.1. The zero-order valence-corrected chi connectivity index (χ0v) is 21.0. The summed E-state index contributed by atoms with van der Waals surface area (Å²) in [6.07, 6.45) is 6.04. The van der Waals surface area contributed by atoms with E-state index >= 15 is 0 Å². The maximum atomic E-state index is 12.1. The summed E-state index contributed by atoms with van der Waals surface area (Å²) < 4.78 is 30.8. The summed E-state index contributed by atoms with van der Waals surface area (Å²) in [6.45, 7) is 2.51. The number of aryl methyl sites for hydroxylation is 2. The van der Waals surface area contributed by atoms with Gasteiger partial charge in [0.1, 0.15) is 11.6 Å². The summed E-state index contributed by atoms with van der Waals surface area (Å²) in [4.78, 5) is 20.2. The Kier molecular flexibility index (Phi) is 9.47. The van der Waals surface area contributed by atoms with E-state index in [-0.39, 0.29) is 5.97 Å². The number of nitrogens with two attached hydrogens (primary N) is 1. The molecule has 0 saturated heterocycles. The van der Waals surface area contributed by atoms with Crippen molar-refractivity contribution in [3.8, 4) is 17.0 Å². The molecule has 0 saturated carbocycles. The zero-order valence-electron chi connectivity index (χ0n) is 20.2. The summed E-state index contributed by atoms with van der Waals surface area (Å²) in [5.41, 5.74) is 9.32. The van der Waals surface area contributed by atoms with Gasteiger partial charge in [0.15, 0.2) is 0 Å². The Morgan fingerprint density at radius 3 is 2.49 bits per heavy atom. The third kappa shape index (κ3) is 8.54. The highest BCUT2D eigenvalue weighted by Gasteiger charge is 2.16. The van der Waals surface area contributed by atoms with Gasteiger partial charge in [-0.3, -0.25) is 4.79 Å². The summed E-state index contributed by atoms with van der Waals surface area (Å²) in [6, 6.07) is 17.1. The Bertz CT molecular complexity index is 1230. The van der Waals surface area contributed by atoms with Crippen LogP contribution in [0.1, 0.15) is 36.7 Å². The van der Waals surface area contributed by atoms with Crippen molar-refractivity contribution < 1.29 is 17.9 Å². The number of nitrogens with zero attached hydrogens (tertiary/aromatic N) is 3. The lowest BCUT2D eigenvalue weighted by Gasteiger charge is -2.20. The highest BCUT2D eigenvalue weighted by atomic mass is 32.2. The van der Waals surface area contributed by atoms with Crippen molar-refractivity contribution in [1.29, 1.82) is 0 Å². The van der Waals surface area contributed by atoms with Gasteiger partial charge < -0.3 is 10.5 Å². The number of ether oxygens (including phenoxy) is 1. The number of benzene rings is 2. The molecule has 0 bridgehead atoms. The van der Waals surface area contributed by atoms with Crippen LogP contribution in [0, 0.1) is 0 Å². The van der Waals surface area contributed by atoms with Crippen LogP contribution >= 0.6 is 0 Å². The van der Waals surface area contributed by atoms with E-state index in [1.807, 2.05) is 42.5 Å². The maximum absolute atomic E-state index is 12.1. The molecule has 8 nitrogen and oxygen atoms in total. The first-order chi connectivity index (χ1) is 16.7. The first-order valence-electron chi connectivity index (χ1n) is 11.6. The molecule has 0 atom stereocenters. The van der Waals surface area contributed by atoms with Crippen LogP contribution in [0.5, 0.6) is 5.75 Å². The molecular formula is C26H32N4O4S. The van der Waals surface area contributed by atoms with Crippen LogP contribution in [0.3, 0.4) is 0 Å². The van der Waals surface area contributed by atoms with Gasteiger partial charge in [0.25, 0.3) is 0 Å². The molecule has 2 aromatic carbocycles. The molecule has 0 aliphatic carbocycles. The first kappa shape index (κ1) is 26.5. The van der Waals surface area contributed by atoms with Crippen molar-refractivity contribution in [2.45, 2.75) is 39.2 Å². The predicted octanol–water partition coefficient (Wildman–Crippen LogP) is 3.35. The molecule has 1 aromatic heterocycles. The van der Waals surface area contributed by atoms with Crippen LogP contribution in [0.15, 0.2) is 60.8 Å². The van der Waals surface area contributed by atoms with Gasteiger partial charge in [-0.15, -0.1) is 0 Å². The molecule has 3 rings (SSSR count). The standard InChI is InChI=1S/C26H32N4O4S/c1-20(31)34-24-12-10-21(11-13-24)6-4-9-26-28-16-14-25(29-26)23-8-3-7-22(18-23)19-30(17-5-15-27)35(2,32)33/h3,7-8,10-14,16,18H,4-6,9,15,17,19,27H2,1-2H3. The SMILES string of the molecule is CC(=O)Oc1ccc(CCCc2nccc(-c3cccc(CN(CCCN)S(C)(=O)=O)c3)n2)cc1. The van der Waals surface area contributed by atoms with Crippen molar-refractivity contribution in [3.05, 3.63) is 77.7 Å². The second kappa shape index (κ2) is 12.5. The lowest BCUT2D eigenvalue weighted by molar-refractivity contribution is -0.131. The van der Waals surface area contributed by atoms with Gasteiger partial charge in [-0.2, -0.15) is 4.31 Å². The molecule has 2 N–H and O–H groups in total. The molecule has 1 heterocycles. The van der Waals surface area contributed by atoms with E-state index in [4.69, 9.17) is 15.5 Å². The monoisotopic (exact) mass is 496 g/mol. The van der Waals surface area contributed by atoms with Gasteiger partial charge in [0.05, 0.1) is 11.9 Å². The molecule has 186 valence electrons. The fourth-order valence-corrected chi connectivity index (χ4v) is 4.53. The minimum Gasteiger partial charge on any atom is -0.427 e. The van der Waals surface area contributed by atoms with Gasteiger partial charge in [0, 0.05) is 38.2 Å². The predicted molar refractivity (Wildman–Crippen MR) is 136 cm³/mol. The van der Waals surface area contributed by atoms with Crippen LogP contribution in [0.25, 0.3) is 11.3 Å². The Morgan fingerprint density at radius 2 is 1.80 bits per heavy atom. The fourth-order valence-electron chi connectivity index (χ4n) is 3.68. The fraction of sp³-hybridized carbons (Fsp3) is 0.346. The normalized spacial score (nSPS) is 11.5. The van der Waals surface area contributed by atoms with Crippen LogP contribution in [-0.2, 0) is 34.2 Å². The average molecular weight is 497 g/mol. The molecule has 35 heavy (non-hydrogen) atoms. The molecule has 9 heteroatoms. The third-order valence-corrected chi connectivity index (χ3v) is 6.67. The van der Waals surface area contributed by atoms with E-state index in [0.717, 1.165) is 47.5 Å². The van der Waals surface area contributed by atoms with Crippen LogP contribution < -0.4 is 10.5 Å². The number of sulfonamides is 1. The molecule has 0 aliphatic rings. The zero-order chi connectivity index (χ0) is 25.3. The quantitative estimate of drug-likeness (QED) is 0.302. The number of hydrogen-bond acceptors (Lipinski definition) is 7. The molecular weight excluding hydrogens is 464 g/mol. The molecule has 0 radical (unpaired) electrons. The van der Waals surface area contributed by atoms with Crippen LogP contribution in [-0.4, -0.2) is 48.0 Å². The second-order valence-electron chi connectivity index (χ2n) is 8.39. The smallest absolute Gasteiger partial charge is 0.308 e. The van der Waals surface area contributed by atoms with E-state index in [2.05, 4.69) is 4.98 Å². The lowest BCUT2D eigenvalue weighted by Crippen LogP contribution is -2.31. The van der Waals surface area contributed by atoms with Crippen LogP contribution in [0.2, 0.25) is 0 Å². The molecule has 0 amide bonds. The highest BCUT2D eigenvalue weighted by Crippen LogP contribution is 2.20. The summed E-state index contributed by atoms with van der Waals surface area (Å²) in [5.74, 6) is 0.961. The van der Waals surface area contributed by atoms with Crippen molar-refractivity contribution in [2.75, 3.05) is 19.3 Å². The molecule has 0 fully saturated rings. The summed E-state index contributed by atoms with van der Waals surface area (Å²) in [5, 5.41) is 0. The van der Waals surface area contributed by atoms with Crippen molar-refractivity contribution in [1.82, 2.24) is 14.3 Å². The minimum absolute atomic E-state index is 0.293. The van der Waals surface area contributed by atoms with E-state index in [0.29, 0.717) is 31.8 Å². The van der Waals surface area contributed by atoms with Gasteiger partial charge in [-0.25, -0.2) is 18.4 Å². The number of carbonyl (C=O) groups is 1. The Hall–Kier alpha value is -3.14. The largest absolute Gasteiger partial charge is 0.427 e. The first-order valence-corrected chi connectivity index (χ1v) is 13.4. The molecule has 0 aliphatic heterocycles. The van der Waals surface area contributed by atoms with E-state index in [9.17, 15) is 13.2 Å². The maximum Gasteiger partial charge on any atom is 0.308 e. The van der Waals surface area contributed by atoms with Gasteiger partial charge in [-0.05, 0) is 61.2 Å². The average Bonchev–Trinajstić information content (AvgIpc) is 2.82. The third-order valence-electron chi connectivity index (χ3n) is 5.42. The molecule has 0 spiro atoms. The number of carbonyl (C=O) groups excluding carboxylic acids is 1. The topological polar surface area (TPSA) is 115 Å². The minimum atomic E-state index is -3.33. The van der Waals surface area contributed by atoms with Crippen molar-refractivity contribution in [3.63, 3.8) is 0 Å². The Labute approximate surface area is 207 Å². The van der Waals surface area contributed by atoms with E-state index < -0.39 is 10.0 Å².